The van der Waals surface area contributed by atoms with E-state index >= 15 is 0 Å². The lowest BCUT2D eigenvalue weighted by Crippen LogP contribution is -2.53. The molecule has 0 aromatic carbocycles. The SMILES string of the molecule is C=CC(=C)NC(=O)C[C@H](CC)NC(=O)CNC(=O)C(NC(=O)CN)C(C)C. The van der Waals surface area contributed by atoms with Crippen LogP contribution in [0.25, 0.3) is 0 Å². The first kappa shape index (κ1) is 24.3. The number of nitrogens with one attached hydrogen (secondary N) is 4. The summed E-state index contributed by atoms with van der Waals surface area (Å²) in [6, 6.07) is -1.17. The van der Waals surface area contributed by atoms with Gasteiger partial charge in [0.05, 0.1) is 13.1 Å². The summed E-state index contributed by atoms with van der Waals surface area (Å²) in [4.78, 5) is 47.5. The average molecular weight is 381 g/mol. The molecule has 9 heteroatoms. The Hall–Kier alpha value is -2.68. The van der Waals surface area contributed by atoms with Crippen LogP contribution in [-0.4, -0.2) is 48.8 Å². The number of carbonyl (C=O) groups excluding carboxylic acids is 4. The van der Waals surface area contributed by atoms with E-state index in [4.69, 9.17) is 5.73 Å². The first-order chi connectivity index (χ1) is 12.6. The minimum Gasteiger partial charge on any atom is -0.351 e. The molecular formula is C18H31N5O4. The molecule has 0 aliphatic heterocycles. The summed E-state index contributed by atoms with van der Waals surface area (Å²) in [5, 5.41) is 10.2. The van der Waals surface area contributed by atoms with Gasteiger partial charge in [-0.3, -0.25) is 19.2 Å². The molecule has 6 N–H and O–H groups in total. The molecule has 0 rings (SSSR count). The molecule has 0 heterocycles. The molecule has 0 saturated heterocycles. The highest BCUT2D eigenvalue weighted by atomic mass is 16.2. The number of hydrogen-bond acceptors (Lipinski definition) is 5. The molecule has 1 unspecified atom stereocenters. The quantitative estimate of drug-likeness (QED) is 0.284. The standard InChI is InChI=1S/C18H31N5O4/c1-6-12(5)21-14(24)8-13(7-2)22-16(26)10-20-18(27)17(11(3)4)23-15(25)9-19/h6,11,13,17H,1,5,7-10,19H2,2-4H3,(H,20,27)(H,21,24)(H,22,26)(H,23,25)/t13-,17?/m0/s1. The molecule has 0 aromatic rings. The second-order valence-corrected chi connectivity index (χ2v) is 6.37. The number of carbonyl (C=O) groups is 4. The van der Waals surface area contributed by atoms with Crippen LogP contribution >= 0.6 is 0 Å². The number of amides is 4. The van der Waals surface area contributed by atoms with Gasteiger partial charge in [-0.25, -0.2) is 0 Å². The topological polar surface area (TPSA) is 142 Å². The van der Waals surface area contributed by atoms with Gasteiger partial charge >= 0.3 is 0 Å². The van der Waals surface area contributed by atoms with Crippen molar-refractivity contribution >= 4 is 23.6 Å². The fourth-order valence-corrected chi connectivity index (χ4v) is 2.13. The monoisotopic (exact) mass is 381 g/mol. The zero-order valence-electron chi connectivity index (χ0n) is 16.3. The lowest BCUT2D eigenvalue weighted by Gasteiger charge is -2.22. The molecular weight excluding hydrogens is 350 g/mol. The normalized spacial score (nSPS) is 12.5. The van der Waals surface area contributed by atoms with Gasteiger partial charge in [-0.2, -0.15) is 0 Å². The van der Waals surface area contributed by atoms with E-state index in [0.717, 1.165) is 0 Å². The highest BCUT2D eigenvalue weighted by Crippen LogP contribution is 2.02. The van der Waals surface area contributed by atoms with Gasteiger partial charge < -0.3 is 27.0 Å². The van der Waals surface area contributed by atoms with Crippen molar-refractivity contribution in [3.05, 3.63) is 24.9 Å². The first-order valence-corrected chi connectivity index (χ1v) is 8.82. The smallest absolute Gasteiger partial charge is 0.243 e. The maximum atomic E-state index is 12.2. The van der Waals surface area contributed by atoms with Gasteiger partial charge in [-0.1, -0.05) is 33.9 Å². The molecule has 0 bridgehead atoms. The molecule has 152 valence electrons. The van der Waals surface area contributed by atoms with Gasteiger partial charge in [0.15, 0.2) is 0 Å². The van der Waals surface area contributed by atoms with E-state index in [0.29, 0.717) is 12.1 Å². The average Bonchev–Trinajstić information content (AvgIpc) is 2.62. The minimum absolute atomic E-state index is 0.0736. The van der Waals surface area contributed by atoms with Crippen LogP contribution in [-0.2, 0) is 19.2 Å². The van der Waals surface area contributed by atoms with E-state index in [9.17, 15) is 19.2 Å². The van der Waals surface area contributed by atoms with E-state index in [1.807, 2.05) is 6.92 Å². The Balaban J connectivity index is 4.54. The number of rotatable bonds is 12. The summed E-state index contributed by atoms with van der Waals surface area (Å²) >= 11 is 0. The van der Waals surface area contributed by atoms with Gasteiger partial charge in [0.1, 0.15) is 6.04 Å². The van der Waals surface area contributed by atoms with Crippen molar-refractivity contribution in [2.75, 3.05) is 13.1 Å². The third kappa shape index (κ3) is 10.1. The lowest BCUT2D eigenvalue weighted by molar-refractivity contribution is -0.131. The van der Waals surface area contributed by atoms with Crippen molar-refractivity contribution < 1.29 is 19.2 Å². The van der Waals surface area contributed by atoms with Crippen LogP contribution in [0, 0.1) is 5.92 Å². The molecule has 0 radical (unpaired) electrons. The Morgan fingerprint density at radius 3 is 2.19 bits per heavy atom. The lowest BCUT2D eigenvalue weighted by atomic mass is 10.0. The molecule has 0 spiro atoms. The number of hydrogen-bond donors (Lipinski definition) is 5. The Labute approximate surface area is 160 Å². The summed E-state index contributed by atoms with van der Waals surface area (Å²) in [7, 11) is 0. The van der Waals surface area contributed by atoms with Crippen LogP contribution in [0.3, 0.4) is 0 Å². The van der Waals surface area contributed by atoms with E-state index < -0.39 is 23.8 Å². The van der Waals surface area contributed by atoms with Crippen molar-refractivity contribution in [1.29, 1.82) is 0 Å². The molecule has 0 fully saturated rings. The molecule has 4 amide bonds. The van der Waals surface area contributed by atoms with Crippen molar-refractivity contribution in [2.45, 2.75) is 45.7 Å². The summed E-state index contributed by atoms with van der Waals surface area (Å²) in [5.74, 6) is -1.83. The fourth-order valence-electron chi connectivity index (χ4n) is 2.13. The summed E-state index contributed by atoms with van der Waals surface area (Å²) in [6.45, 7) is 12.0. The molecule has 0 aliphatic carbocycles. The highest BCUT2D eigenvalue weighted by molar-refractivity contribution is 5.91. The number of allylic oxidation sites excluding steroid dienone is 1. The van der Waals surface area contributed by atoms with E-state index in [1.165, 1.54) is 6.08 Å². The van der Waals surface area contributed by atoms with Crippen LogP contribution in [0.5, 0.6) is 0 Å². The maximum Gasteiger partial charge on any atom is 0.243 e. The maximum absolute atomic E-state index is 12.2. The van der Waals surface area contributed by atoms with Crippen LogP contribution < -0.4 is 27.0 Å². The van der Waals surface area contributed by atoms with Crippen LogP contribution in [0.15, 0.2) is 24.9 Å². The summed E-state index contributed by atoms with van der Waals surface area (Å²) < 4.78 is 0. The third-order valence-electron chi connectivity index (χ3n) is 3.71. The minimum atomic E-state index is -0.786. The molecule has 27 heavy (non-hydrogen) atoms. The molecule has 2 atom stereocenters. The Morgan fingerprint density at radius 2 is 1.70 bits per heavy atom. The van der Waals surface area contributed by atoms with Gasteiger partial charge in [0, 0.05) is 18.2 Å². The van der Waals surface area contributed by atoms with Crippen molar-refractivity contribution in [1.82, 2.24) is 21.3 Å². The first-order valence-electron chi connectivity index (χ1n) is 8.82. The second kappa shape index (κ2) is 12.6. The van der Waals surface area contributed by atoms with E-state index in [2.05, 4.69) is 34.4 Å². The Bertz CT molecular complexity index is 574. The van der Waals surface area contributed by atoms with Gasteiger partial charge in [-0.15, -0.1) is 0 Å². The van der Waals surface area contributed by atoms with Crippen molar-refractivity contribution in [2.24, 2.45) is 11.7 Å². The van der Waals surface area contributed by atoms with E-state index in [1.54, 1.807) is 13.8 Å². The Kier molecular flexibility index (Phi) is 11.4. The summed E-state index contributed by atoms with van der Waals surface area (Å²) in [5.41, 5.74) is 5.62. The van der Waals surface area contributed by atoms with Crippen molar-refractivity contribution in [3.63, 3.8) is 0 Å². The molecule has 0 saturated carbocycles. The molecule has 9 nitrogen and oxygen atoms in total. The zero-order valence-corrected chi connectivity index (χ0v) is 16.3. The fraction of sp³-hybridized carbons (Fsp3) is 0.556. The molecule has 0 aromatic heterocycles. The van der Waals surface area contributed by atoms with E-state index in [-0.39, 0.29) is 37.4 Å². The predicted octanol–water partition coefficient (Wildman–Crippen LogP) is -0.697. The largest absolute Gasteiger partial charge is 0.351 e. The van der Waals surface area contributed by atoms with Gasteiger partial charge in [-0.05, 0) is 18.4 Å². The van der Waals surface area contributed by atoms with Crippen LogP contribution in [0.1, 0.15) is 33.6 Å². The third-order valence-corrected chi connectivity index (χ3v) is 3.71. The van der Waals surface area contributed by atoms with Crippen LogP contribution in [0.4, 0.5) is 0 Å². The predicted molar refractivity (Wildman–Crippen MR) is 103 cm³/mol. The second-order valence-electron chi connectivity index (χ2n) is 6.37. The van der Waals surface area contributed by atoms with Gasteiger partial charge in [0.2, 0.25) is 23.6 Å². The van der Waals surface area contributed by atoms with Crippen LogP contribution in [0.2, 0.25) is 0 Å². The highest BCUT2D eigenvalue weighted by Gasteiger charge is 2.24. The van der Waals surface area contributed by atoms with Gasteiger partial charge in [0.25, 0.3) is 0 Å². The zero-order chi connectivity index (χ0) is 21.0. The molecule has 0 aliphatic rings. The van der Waals surface area contributed by atoms with Crippen molar-refractivity contribution in [3.8, 4) is 0 Å². The number of nitrogens with two attached hydrogens (primary N) is 1. The summed E-state index contributed by atoms with van der Waals surface area (Å²) in [6.07, 6.45) is 2.03. The Morgan fingerprint density at radius 1 is 1.07 bits per heavy atom.